The highest BCUT2D eigenvalue weighted by Gasteiger charge is 2.16. The van der Waals surface area contributed by atoms with E-state index in [0.29, 0.717) is 13.2 Å². The Labute approximate surface area is 176 Å². The maximum absolute atomic E-state index is 5.87. The van der Waals surface area contributed by atoms with Gasteiger partial charge in [0.2, 0.25) is 0 Å². The van der Waals surface area contributed by atoms with Crippen LogP contribution in [0.5, 0.6) is 11.5 Å². The second-order valence-electron chi connectivity index (χ2n) is 6.70. The Kier molecular flexibility index (Phi) is 7.36. The number of rotatable bonds is 10. The van der Waals surface area contributed by atoms with Gasteiger partial charge in [-0.1, -0.05) is 36.0 Å². The summed E-state index contributed by atoms with van der Waals surface area (Å²) >= 11 is 1.68. The molecule has 0 atom stereocenters. The largest absolute Gasteiger partial charge is 0.496 e. The van der Waals surface area contributed by atoms with E-state index in [-0.39, 0.29) is 0 Å². The predicted molar refractivity (Wildman–Crippen MR) is 119 cm³/mol. The van der Waals surface area contributed by atoms with Crippen LogP contribution < -0.4 is 9.47 Å². The smallest absolute Gasteiger partial charge is 0.191 e. The van der Waals surface area contributed by atoms with Crippen LogP contribution in [0.3, 0.4) is 0 Å². The van der Waals surface area contributed by atoms with E-state index >= 15 is 0 Å². The molecule has 152 valence electrons. The zero-order valence-corrected chi connectivity index (χ0v) is 18.0. The van der Waals surface area contributed by atoms with Crippen molar-refractivity contribution in [2.45, 2.75) is 32.0 Å². The summed E-state index contributed by atoms with van der Waals surface area (Å²) in [5.41, 5.74) is 3.45. The van der Waals surface area contributed by atoms with Crippen molar-refractivity contribution in [2.75, 3.05) is 19.5 Å². The monoisotopic (exact) mass is 409 g/mol. The van der Waals surface area contributed by atoms with Crippen molar-refractivity contribution in [3.05, 3.63) is 66.2 Å². The summed E-state index contributed by atoms with van der Waals surface area (Å²) in [6.45, 7) is 9.39. The lowest BCUT2D eigenvalue weighted by atomic mass is 10.1. The lowest BCUT2D eigenvalue weighted by molar-refractivity contribution is 0.318. The highest BCUT2D eigenvalue weighted by atomic mass is 32.2. The van der Waals surface area contributed by atoms with Gasteiger partial charge in [0.1, 0.15) is 11.5 Å². The summed E-state index contributed by atoms with van der Waals surface area (Å²) < 4.78 is 13.4. The number of thioether (sulfide) groups is 1. The number of benzene rings is 2. The van der Waals surface area contributed by atoms with Crippen molar-refractivity contribution in [3.8, 4) is 22.9 Å². The molecule has 0 N–H and O–H groups in total. The lowest BCUT2D eigenvalue weighted by Gasteiger charge is -2.11. The molecule has 5 nitrogen and oxygen atoms in total. The van der Waals surface area contributed by atoms with Gasteiger partial charge in [-0.15, -0.1) is 16.8 Å². The van der Waals surface area contributed by atoms with Gasteiger partial charge < -0.3 is 9.47 Å². The number of aromatic nitrogens is 3. The normalized spacial score (nSPS) is 10.7. The third-order valence-corrected chi connectivity index (χ3v) is 5.70. The summed E-state index contributed by atoms with van der Waals surface area (Å²) in [6, 6.07) is 14.0. The zero-order valence-electron chi connectivity index (χ0n) is 17.2. The van der Waals surface area contributed by atoms with E-state index in [9.17, 15) is 0 Å². The second kappa shape index (κ2) is 10.2. The molecule has 0 saturated heterocycles. The predicted octanol–water partition coefficient (Wildman–Crippen LogP) is 5.32. The molecule has 0 fully saturated rings. The number of allylic oxidation sites excluding steroid dienone is 1. The molecular weight excluding hydrogens is 382 g/mol. The van der Waals surface area contributed by atoms with Crippen molar-refractivity contribution in [3.63, 3.8) is 0 Å². The average Bonchev–Trinajstić information content (AvgIpc) is 3.13. The van der Waals surface area contributed by atoms with Crippen molar-refractivity contribution in [1.29, 1.82) is 0 Å². The first-order chi connectivity index (χ1) is 14.1. The minimum absolute atomic E-state index is 0.641. The molecule has 0 unspecified atom stereocenters. The number of hydrogen-bond acceptors (Lipinski definition) is 5. The SMILES string of the molecule is C=CCn1c(SCCCOc2ccc(C)c(C)c2)nnc1-c1ccccc1OC. The van der Waals surface area contributed by atoms with Crippen LogP contribution in [-0.4, -0.2) is 34.2 Å². The van der Waals surface area contributed by atoms with Gasteiger partial charge in [-0.05, 0) is 55.7 Å². The van der Waals surface area contributed by atoms with Crippen LogP contribution in [0.1, 0.15) is 17.5 Å². The second-order valence-corrected chi connectivity index (χ2v) is 7.76. The maximum Gasteiger partial charge on any atom is 0.191 e. The number of methoxy groups -OCH3 is 1. The van der Waals surface area contributed by atoms with Crippen LogP contribution in [0.2, 0.25) is 0 Å². The fourth-order valence-corrected chi connectivity index (χ4v) is 3.79. The van der Waals surface area contributed by atoms with E-state index in [0.717, 1.165) is 40.2 Å². The van der Waals surface area contributed by atoms with Gasteiger partial charge in [-0.3, -0.25) is 4.57 Å². The first-order valence-corrected chi connectivity index (χ1v) is 10.6. The van der Waals surface area contributed by atoms with Crippen LogP contribution in [0.25, 0.3) is 11.4 Å². The van der Waals surface area contributed by atoms with Gasteiger partial charge in [0, 0.05) is 12.3 Å². The van der Waals surface area contributed by atoms with Crippen LogP contribution in [-0.2, 0) is 6.54 Å². The Morgan fingerprint density at radius 2 is 1.93 bits per heavy atom. The molecule has 6 heteroatoms. The Hall–Kier alpha value is -2.73. The minimum atomic E-state index is 0.641. The van der Waals surface area contributed by atoms with Gasteiger partial charge in [0.15, 0.2) is 11.0 Å². The fraction of sp³-hybridized carbons (Fsp3) is 0.304. The fourth-order valence-electron chi connectivity index (χ4n) is 2.93. The Morgan fingerprint density at radius 3 is 2.69 bits per heavy atom. The summed E-state index contributed by atoms with van der Waals surface area (Å²) in [4.78, 5) is 0. The van der Waals surface area contributed by atoms with Crippen molar-refractivity contribution in [2.24, 2.45) is 0 Å². The molecular formula is C23H27N3O2S. The molecule has 0 bridgehead atoms. The maximum atomic E-state index is 5.87. The molecule has 0 saturated carbocycles. The van der Waals surface area contributed by atoms with E-state index in [1.54, 1.807) is 18.9 Å². The van der Waals surface area contributed by atoms with Crippen molar-refractivity contribution in [1.82, 2.24) is 14.8 Å². The quantitative estimate of drug-likeness (QED) is 0.258. The van der Waals surface area contributed by atoms with Gasteiger partial charge >= 0.3 is 0 Å². The highest BCUT2D eigenvalue weighted by Crippen LogP contribution is 2.31. The third kappa shape index (κ3) is 5.21. The molecule has 0 radical (unpaired) electrons. The molecule has 0 aliphatic rings. The van der Waals surface area contributed by atoms with Crippen LogP contribution in [0, 0.1) is 13.8 Å². The molecule has 3 rings (SSSR count). The van der Waals surface area contributed by atoms with Crippen LogP contribution >= 0.6 is 11.8 Å². The number of para-hydroxylation sites is 1. The molecule has 1 aromatic heterocycles. The van der Waals surface area contributed by atoms with E-state index in [1.165, 1.54) is 11.1 Å². The topological polar surface area (TPSA) is 49.2 Å². The Bertz CT molecular complexity index is 969. The highest BCUT2D eigenvalue weighted by molar-refractivity contribution is 7.99. The van der Waals surface area contributed by atoms with Crippen LogP contribution in [0.4, 0.5) is 0 Å². The first kappa shape index (κ1) is 21.0. The van der Waals surface area contributed by atoms with E-state index in [2.05, 4.69) is 47.3 Å². The molecule has 2 aromatic carbocycles. The van der Waals surface area contributed by atoms with Crippen molar-refractivity contribution >= 4 is 11.8 Å². The number of hydrogen-bond donors (Lipinski definition) is 0. The summed E-state index contributed by atoms with van der Waals surface area (Å²) in [5, 5.41) is 9.68. The molecule has 0 aliphatic carbocycles. The molecule has 0 amide bonds. The molecule has 1 heterocycles. The summed E-state index contributed by atoms with van der Waals surface area (Å²) in [5.74, 6) is 3.39. The third-order valence-electron chi connectivity index (χ3n) is 4.64. The number of nitrogens with zero attached hydrogens (tertiary/aromatic N) is 3. The minimum Gasteiger partial charge on any atom is -0.496 e. The van der Waals surface area contributed by atoms with Gasteiger partial charge in [-0.25, -0.2) is 0 Å². The first-order valence-electron chi connectivity index (χ1n) is 9.64. The summed E-state index contributed by atoms with van der Waals surface area (Å²) in [7, 11) is 1.66. The zero-order chi connectivity index (χ0) is 20.6. The summed E-state index contributed by atoms with van der Waals surface area (Å²) in [6.07, 6.45) is 2.78. The van der Waals surface area contributed by atoms with Crippen LogP contribution in [0.15, 0.2) is 60.3 Å². The molecule has 3 aromatic rings. The number of ether oxygens (including phenoxy) is 2. The van der Waals surface area contributed by atoms with E-state index in [4.69, 9.17) is 9.47 Å². The molecule has 0 aliphatic heterocycles. The number of aryl methyl sites for hydroxylation is 2. The van der Waals surface area contributed by atoms with Gasteiger partial charge in [0.05, 0.1) is 19.3 Å². The van der Waals surface area contributed by atoms with Gasteiger partial charge in [0.25, 0.3) is 0 Å². The standard InChI is InChI=1S/C23H27N3O2S/c1-5-13-26-22(20-9-6-7-10-21(20)27-4)24-25-23(26)29-15-8-14-28-19-12-11-17(2)18(3)16-19/h5-7,9-12,16H,1,8,13-15H2,2-4H3. The van der Waals surface area contributed by atoms with Crippen molar-refractivity contribution < 1.29 is 9.47 Å². The molecule has 0 spiro atoms. The molecule has 29 heavy (non-hydrogen) atoms. The van der Waals surface area contributed by atoms with Gasteiger partial charge in [-0.2, -0.15) is 0 Å². The Morgan fingerprint density at radius 1 is 1.10 bits per heavy atom. The van der Waals surface area contributed by atoms with E-state index in [1.807, 2.05) is 36.4 Å². The lowest BCUT2D eigenvalue weighted by Crippen LogP contribution is -2.03. The van der Waals surface area contributed by atoms with E-state index < -0.39 is 0 Å². The Balaban J connectivity index is 1.61. The average molecular weight is 410 g/mol.